The Morgan fingerprint density at radius 3 is 2.64 bits per heavy atom. The Hall–Kier alpha value is -2.01. The Kier molecular flexibility index (Phi) is 5.83. The zero-order valence-electron chi connectivity index (χ0n) is 12.5. The van der Waals surface area contributed by atoms with Crippen molar-refractivity contribution in [2.24, 2.45) is 0 Å². The van der Waals surface area contributed by atoms with Gasteiger partial charge in [-0.3, -0.25) is 4.79 Å². The van der Waals surface area contributed by atoms with E-state index < -0.39 is 5.82 Å². The normalized spacial score (nSPS) is 11.8. The van der Waals surface area contributed by atoms with Gasteiger partial charge < -0.3 is 10.1 Å². The number of carbonyl (C=O) groups is 1. The lowest BCUT2D eigenvalue weighted by molar-refractivity contribution is -0.119. The van der Waals surface area contributed by atoms with Crippen LogP contribution in [0.25, 0.3) is 0 Å². The van der Waals surface area contributed by atoms with Gasteiger partial charge in [-0.05, 0) is 36.8 Å². The molecule has 0 aromatic heterocycles. The van der Waals surface area contributed by atoms with Gasteiger partial charge in [0.05, 0.1) is 18.9 Å². The fourth-order valence-electron chi connectivity index (χ4n) is 1.98. The predicted octanol–water partition coefficient (Wildman–Crippen LogP) is 3.80. The third kappa shape index (κ3) is 4.49. The van der Waals surface area contributed by atoms with Crippen LogP contribution < -0.4 is 10.1 Å². The minimum Gasteiger partial charge on any atom is -0.494 e. The molecular weight excluding hydrogens is 301 g/mol. The third-order valence-electron chi connectivity index (χ3n) is 3.17. The van der Waals surface area contributed by atoms with Crippen molar-refractivity contribution in [1.82, 2.24) is 5.32 Å². The van der Waals surface area contributed by atoms with E-state index >= 15 is 0 Å². The predicted molar refractivity (Wildman–Crippen MR) is 86.7 cm³/mol. The number of hydrogen-bond donors (Lipinski definition) is 1. The number of ether oxygens (including phenoxy) is 1. The van der Waals surface area contributed by atoms with Gasteiger partial charge in [-0.15, -0.1) is 11.8 Å². The maximum atomic E-state index is 13.7. The smallest absolute Gasteiger partial charge is 0.230 e. The molecule has 3 nitrogen and oxygen atoms in total. The molecule has 0 saturated carbocycles. The molecule has 0 aliphatic carbocycles. The average Bonchev–Trinajstić information content (AvgIpc) is 2.53. The molecule has 0 bridgehead atoms. The summed E-state index contributed by atoms with van der Waals surface area (Å²) in [5.41, 5.74) is 0.705. The van der Waals surface area contributed by atoms with E-state index in [0.29, 0.717) is 11.3 Å². The number of halogens is 1. The van der Waals surface area contributed by atoms with Crippen molar-refractivity contribution >= 4 is 17.7 Å². The van der Waals surface area contributed by atoms with Crippen molar-refractivity contribution < 1.29 is 13.9 Å². The molecule has 0 saturated heterocycles. The van der Waals surface area contributed by atoms with E-state index in [2.05, 4.69) is 5.32 Å². The van der Waals surface area contributed by atoms with Gasteiger partial charge in [0.25, 0.3) is 0 Å². The number of carbonyl (C=O) groups excluding carboxylic acids is 1. The zero-order valence-corrected chi connectivity index (χ0v) is 13.3. The molecule has 0 radical (unpaired) electrons. The minimum absolute atomic E-state index is 0.0856. The number of benzene rings is 2. The molecule has 0 aliphatic heterocycles. The van der Waals surface area contributed by atoms with Crippen LogP contribution in [0.3, 0.4) is 0 Å². The Balaban J connectivity index is 1.89. The molecule has 0 aliphatic rings. The molecule has 1 N–H and O–H groups in total. The molecule has 1 atom stereocenters. The molecule has 22 heavy (non-hydrogen) atoms. The molecule has 0 fully saturated rings. The van der Waals surface area contributed by atoms with Gasteiger partial charge in [0.2, 0.25) is 5.91 Å². The van der Waals surface area contributed by atoms with Crippen LogP contribution in [0.2, 0.25) is 0 Å². The molecule has 0 heterocycles. The van der Waals surface area contributed by atoms with Crippen molar-refractivity contribution in [2.45, 2.75) is 17.9 Å². The van der Waals surface area contributed by atoms with Crippen LogP contribution in [-0.4, -0.2) is 18.8 Å². The maximum absolute atomic E-state index is 13.7. The number of hydrogen-bond acceptors (Lipinski definition) is 3. The Morgan fingerprint density at radius 1 is 1.27 bits per heavy atom. The molecule has 5 heteroatoms. The molecule has 0 unspecified atom stereocenters. The quantitative estimate of drug-likeness (QED) is 0.823. The second kappa shape index (κ2) is 7.84. The first-order chi connectivity index (χ1) is 10.6. The standard InChI is InChI=1S/C17H18FNO2S/c1-12(13-8-9-16(21-2)15(18)10-13)19-17(20)11-22-14-6-4-3-5-7-14/h3-10,12H,11H2,1-2H3,(H,19,20)/t12-/m0/s1. The fraction of sp³-hybridized carbons (Fsp3) is 0.235. The van der Waals surface area contributed by atoms with Crippen LogP contribution in [0.4, 0.5) is 4.39 Å². The van der Waals surface area contributed by atoms with Gasteiger partial charge in [-0.1, -0.05) is 24.3 Å². The molecule has 116 valence electrons. The van der Waals surface area contributed by atoms with Gasteiger partial charge in [0.15, 0.2) is 11.6 Å². The number of rotatable bonds is 6. The van der Waals surface area contributed by atoms with Crippen LogP contribution in [-0.2, 0) is 4.79 Å². The first kappa shape index (κ1) is 16.4. The van der Waals surface area contributed by atoms with Crippen LogP contribution in [0.15, 0.2) is 53.4 Å². The van der Waals surface area contributed by atoms with Gasteiger partial charge >= 0.3 is 0 Å². The highest BCUT2D eigenvalue weighted by atomic mass is 32.2. The van der Waals surface area contributed by atoms with Crippen LogP contribution in [0.1, 0.15) is 18.5 Å². The van der Waals surface area contributed by atoms with Gasteiger partial charge in [-0.2, -0.15) is 0 Å². The summed E-state index contributed by atoms with van der Waals surface area (Å²) in [5, 5.41) is 2.86. The maximum Gasteiger partial charge on any atom is 0.230 e. The van der Waals surface area contributed by atoms with E-state index in [1.807, 2.05) is 37.3 Å². The highest BCUT2D eigenvalue weighted by Gasteiger charge is 2.12. The Morgan fingerprint density at radius 2 is 2.00 bits per heavy atom. The summed E-state index contributed by atoms with van der Waals surface area (Å²) in [6, 6.07) is 14.2. The van der Waals surface area contributed by atoms with Crippen molar-refractivity contribution in [3.05, 3.63) is 59.9 Å². The summed E-state index contributed by atoms with van der Waals surface area (Å²) in [5.74, 6) is 0.00624. The number of amides is 1. The number of thioether (sulfide) groups is 1. The number of nitrogens with one attached hydrogen (secondary N) is 1. The lowest BCUT2D eigenvalue weighted by atomic mass is 10.1. The van der Waals surface area contributed by atoms with E-state index in [1.165, 1.54) is 24.9 Å². The van der Waals surface area contributed by atoms with Gasteiger partial charge in [0.1, 0.15) is 0 Å². The highest BCUT2D eigenvalue weighted by Crippen LogP contribution is 2.22. The van der Waals surface area contributed by atoms with E-state index in [9.17, 15) is 9.18 Å². The zero-order chi connectivity index (χ0) is 15.9. The summed E-state index contributed by atoms with van der Waals surface area (Å²) >= 11 is 1.47. The number of methoxy groups -OCH3 is 1. The monoisotopic (exact) mass is 319 g/mol. The van der Waals surface area contributed by atoms with Crippen LogP contribution in [0, 0.1) is 5.82 Å². The van der Waals surface area contributed by atoms with E-state index in [0.717, 1.165) is 4.90 Å². The van der Waals surface area contributed by atoms with Crippen molar-refractivity contribution in [1.29, 1.82) is 0 Å². The largest absolute Gasteiger partial charge is 0.494 e. The summed E-state index contributed by atoms with van der Waals surface area (Å²) in [7, 11) is 1.42. The van der Waals surface area contributed by atoms with Gasteiger partial charge in [0, 0.05) is 4.90 Å². The summed E-state index contributed by atoms with van der Waals surface area (Å²) < 4.78 is 18.6. The SMILES string of the molecule is COc1ccc([C@H](C)NC(=O)CSc2ccccc2)cc1F. The van der Waals surface area contributed by atoms with Crippen LogP contribution in [0.5, 0.6) is 5.75 Å². The van der Waals surface area contributed by atoms with E-state index in [4.69, 9.17) is 4.74 Å². The summed E-state index contributed by atoms with van der Waals surface area (Å²) in [6.45, 7) is 1.83. The molecule has 0 spiro atoms. The van der Waals surface area contributed by atoms with E-state index in [1.54, 1.807) is 12.1 Å². The Labute approximate surface area is 133 Å². The molecule has 1 amide bonds. The van der Waals surface area contributed by atoms with Gasteiger partial charge in [-0.25, -0.2) is 4.39 Å². The molecule has 2 rings (SSSR count). The van der Waals surface area contributed by atoms with Crippen LogP contribution >= 0.6 is 11.8 Å². The Bertz CT molecular complexity index is 634. The highest BCUT2D eigenvalue weighted by molar-refractivity contribution is 8.00. The summed E-state index contributed by atoms with van der Waals surface area (Å²) in [4.78, 5) is 13.0. The first-order valence-electron chi connectivity index (χ1n) is 6.91. The lowest BCUT2D eigenvalue weighted by Crippen LogP contribution is -2.28. The third-order valence-corrected chi connectivity index (χ3v) is 4.18. The molecule has 2 aromatic carbocycles. The molecular formula is C17H18FNO2S. The second-order valence-corrected chi connectivity index (χ2v) is 5.83. The first-order valence-corrected chi connectivity index (χ1v) is 7.89. The summed E-state index contributed by atoms with van der Waals surface area (Å²) in [6.07, 6.45) is 0. The van der Waals surface area contributed by atoms with Crippen molar-refractivity contribution in [2.75, 3.05) is 12.9 Å². The molecule has 2 aromatic rings. The van der Waals surface area contributed by atoms with E-state index in [-0.39, 0.29) is 17.7 Å². The topological polar surface area (TPSA) is 38.3 Å². The average molecular weight is 319 g/mol. The van der Waals surface area contributed by atoms with Crippen molar-refractivity contribution in [3.63, 3.8) is 0 Å². The second-order valence-electron chi connectivity index (χ2n) is 4.78. The minimum atomic E-state index is -0.431. The van der Waals surface area contributed by atoms with Crippen molar-refractivity contribution in [3.8, 4) is 5.75 Å². The fourth-order valence-corrected chi connectivity index (χ4v) is 2.71. The lowest BCUT2D eigenvalue weighted by Gasteiger charge is -2.15.